The molecule has 31 heavy (non-hydrogen) atoms. The fraction of sp³-hybridized carbons (Fsp3) is 0.0455. The summed E-state index contributed by atoms with van der Waals surface area (Å²) in [5, 5.41) is 18.5. The summed E-state index contributed by atoms with van der Waals surface area (Å²) < 4.78 is 1.57. The van der Waals surface area contributed by atoms with Crippen molar-refractivity contribution in [1.29, 1.82) is 0 Å². The number of benzene rings is 3. The highest BCUT2D eigenvalue weighted by Crippen LogP contribution is 2.25. The molecule has 1 amide bonds. The van der Waals surface area contributed by atoms with Crippen molar-refractivity contribution in [1.82, 2.24) is 14.8 Å². The molecule has 154 valence electrons. The van der Waals surface area contributed by atoms with Crippen molar-refractivity contribution in [3.8, 4) is 17.1 Å². The van der Waals surface area contributed by atoms with Crippen molar-refractivity contribution in [2.24, 2.45) is 0 Å². The molecule has 0 radical (unpaired) electrons. The molecular weight excluding hydrogens is 418 g/mol. The molecule has 0 saturated heterocycles. The highest BCUT2D eigenvalue weighted by molar-refractivity contribution is 6.30. The van der Waals surface area contributed by atoms with Gasteiger partial charge in [-0.3, -0.25) is 14.9 Å². The largest absolute Gasteiger partial charge is 0.319 e. The van der Waals surface area contributed by atoms with E-state index in [0.717, 1.165) is 11.3 Å². The molecule has 1 aromatic heterocycles. The normalized spacial score (nSPS) is 10.6. The third kappa shape index (κ3) is 4.44. The molecule has 0 saturated carbocycles. The van der Waals surface area contributed by atoms with Gasteiger partial charge in [0.05, 0.1) is 10.6 Å². The number of halogens is 1. The summed E-state index contributed by atoms with van der Waals surface area (Å²) in [4.78, 5) is 27.7. The molecule has 4 rings (SSSR count). The highest BCUT2D eigenvalue weighted by Gasteiger charge is 2.20. The van der Waals surface area contributed by atoms with E-state index in [9.17, 15) is 14.9 Å². The van der Waals surface area contributed by atoms with Crippen LogP contribution in [0.3, 0.4) is 0 Å². The second-order valence-corrected chi connectivity index (χ2v) is 7.22. The number of carbonyl (C=O) groups is 1. The van der Waals surface area contributed by atoms with Crippen LogP contribution in [0.1, 0.15) is 16.2 Å². The van der Waals surface area contributed by atoms with Crippen molar-refractivity contribution in [2.45, 2.75) is 6.92 Å². The van der Waals surface area contributed by atoms with Gasteiger partial charge < -0.3 is 5.32 Å². The van der Waals surface area contributed by atoms with Gasteiger partial charge in [0.1, 0.15) is 0 Å². The molecule has 0 fully saturated rings. The van der Waals surface area contributed by atoms with Crippen LogP contribution in [0.2, 0.25) is 5.02 Å². The van der Waals surface area contributed by atoms with Crippen LogP contribution in [0.15, 0.2) is 72.8 Å². The minimum atomic E-state index is -0.588. The first-order valence-corrected chi connectivity index (χ1v) is 9.64. The standard InChI is InChI=1S/C22H16ClN5O3/c1-14-5-2-9-18(11-14)27-21(15-6-3-7-16(23)12-15)25-20(26-27)22(29)24-17-8-4-10-19(13-17)28(30)31/h2-13H,1H3,(H,24,29). The number of rotatable bonds is 5. The predicted molar refractivity (Wildman–Crippen MR) is 118 cm³/mol. The molecule has 0 bridgehead atoms. The van der Waals surface area contributed by atoms with Crippen molar-refractivity contribution >= 4 is 28.9 Å². The number of nitro groups is 1. The molecule has 9 heteroatoms. The Morgan fingerprint density at radius 3 is 2.58 bits per heavy atom. The van der Waals surface area contributed by atoms with Gasteiger partial charge >= 0.3 is 0 Å². The van der Waals surface area contributed by atoms with E-state index in [-0.39, 0.29) is 17.2 Å². The maximum absolute atomic E-state index is 12.8. The number of non-ortho nitro benzene ring substituents is 1. The topological polar surface area (TPSA) is 103 Å². The first kappa shape index (κ1) is 20.2. The Kier molecular flexibility index (Phi) is 5.46. The maximum atomic E-state index is 12.8. The van der Waals surface area contributed by atoms with Gasteiger partial charge in [-0.2, -0.15) is 0 Å². The van der Waals surface area contributed by atoms with E-state index in [4.69, 9.17) is 11.6 Å². The molecule has 8 nitrogen and oxygen atoms in total. The molecule has 1 N–H and O–H groups in total. The average molecular weight is 434 g/mol. The maximum Gasteiger partial charge on any atom is 0.295 e. The molecule has 4 aromatic rings. The number of nitrogens with zero attached hydrogens (tertiary/aromatic N) is 4. The molecule has 0 aliphatic carbocycles. The smallest absolute Gasteiger partial charge is 0.295 e. The zero-order valence-electron chi connectivity index (χ0n) is 16.3. The van der Waals surface area contributed by atoms with Crippen LogP contribution in [0.25, 0.3) is 17.1 Å². The van der Waals surface area contributed by atoms with E-state index >= 15 is 0 Å². The average Bonchev–Trinajstić information content (AvgIpc) is 3.20. The van der Waals surface area contributed by atoms with Gasteiger partial charge in [0.15, 0.2) is 5.82 Å². The number of hydrogen-bond donors (Lipinski definition) is 1. The molecule has 0 spiro atoms. The van der Waals surface area contributed by atoms with Crippen LogP contribution in [-0.2, 0) is 0 Å². The SMILES string of the molecule is Cc1cccc(-n2nc(C(=O)Nc3cccc([N+](=O)[O-])c3)nc2-c2cccc(Cl)c2)c1. The molecule has 0 aliphatic heterocycles. The van der Waals surface area contributed by atoms with Crippen LogP contribution < -0.4 is 5.32 Å². The van der Waals surface area contributed by atoms with Gasteiger partial charge in [0.25, 0.3) is 11.6 Å². The Balaban J connectivity index is 1.75. The summed E-state index contributed by atoms with van der Waals surface area (Å²) in [6.45, 7) is 1.95. The van der Waals surface area contributed by atoms with E-state index in [2.05, 4.69) is 15.4 Å². The Morgan fingerprint density at radius 1 is 1.06 bits per heavy atom. The fourth-order valence-corrected chi connectivity index (χ4v) is 3.24. The molecule has 3 aromatic carbocycles. The molecule has 0 unspecified atom stereocenters. The van der Waals surface area contributed by atoms with Crippen molar-refractivity contribution in [2.75, 3.05) is 5.32 Å². The van der Waals surface area contributed by atoms with Gasteiger partial charge in [-0.05, 0) is 42.8 Å². The molecular formula is C22H16ClN5O3. The first-order valence-electron chi connectivity index (χ1n) is 9.26. The van der Waals surface area contributed by atoms with Gasteiger partial charge in [-0.15, -0.1) is 5.10 Å². The molecule has 1 heterocycles. The molecule has 0 atom stereocenters. The second kappa shape index (κ2) is 8.37. The number of anilines is 1. The van der Waals surface area contributed by atoms with E-state index in [0.29, 0.717) is 16.4 Å². The van der Waals surface area contributed by atoms with E-state index in [1.54, 1.807) is 28.9 Å². The van der Waals surface area contributed by atoms with Crippen molar-refractivity contribution < 1.29 is 9.72 Å². The Labute approximate surface area is 182 Å². The van der Waals surface area contributed by atoms with Gasteiger partial charge in [0.2, 0.25) is 5.82 Å². The number of hydrogen-bond acceptors (Lipinski definition) is 5. The summed E-state index contributed by atoms with van der Waals surface area (Å²) >= 11 is 6.14. The van der Waals surface area contributed by atoms with Gasteiger partial charge in [-0.1, -0.05) is 41.9 Å². The number of carbonyl (C=O) groups excluding carboxylic acids is 1. The summed E-state index contributed by atoms with van der Waals surface area (Å²) in [6, 6.07) is 20.4. The summed E-state index contributed by atoms with van der Waals surface area (Å²) in [6.07, 6.45) is 0. The number of aryl methyl sites for hydroxylation is 1. The van der Waals surface area contributed by atoms with Gasteiger partial charge in [0, 0.05) is 28.4 Å². The number of aromatic nitrogens is 3. The van der Waals surface area contributed by atoms with Crippen molar-refractivity contribution in [3.05, 3.63) is 99.3 Å². The van der Waals surface area contributed by atoms with E-state index in [1.807, 2.05) is 37.3 Å². The summed E-state index contributed by atoms with van der Waals surface area (Å²) in [5.74, 6) is -0.226. The Morgan fingerprint density at radius 2 is 1.84 bits per heavy atom. The number of nitrogens with one attached hydrogen (secondary N) is 1. The lowest BCUT2D eigenvalue weighted by Gasteiger charge is -2.07. The summed E-state index contributed by atoms with van der Waals surface area (Å²) in [5.41, 5.74) is 2.59. The highest BCUT2D eigenvalue weighted by atomic mass is 35.5. The lowest BCUT2D eigenvalue weighted by Crippen LogP contribution is -2.14. The predicted octanol–water partition coefficient (Wildman–Crippen LogP) is 5.06. The van der Waals surface area contributed by atoms with E-state index in [1.165, 1.54) is 18.2 Å². The first-order chi connectivity index (χ1) is 14.9. The van der Waals surface area contributed by atoms with Crippen LogP contribution in [0, 0.1) is 17.0 Å². The second-order valence-electron chi connectivity index (χ2n) is 6.78. The number of amides is 1. The van der Waals surface area contributed by atoms with Crippen LogP contribution in [0.4, 0.5) is 11.4 Å². The van der Waals surface area contributed by atoms with Crippen molar-refractivity contribution in [3.63, 3.8) is 0 Å². The van der Waals surface area contributed by atoms with Crippen LogP contribution in [0.5, 0.6) is 0 Å². The van der Waals surface area contributed by atoms with Crippen LogP contribution in [-0.4, -0.2) is 25.6 Å². The molecule has 0 aliphatic rings. The third-order valence-electron chi connectivity index (χ3n) is 4.45. The Bertz CT molecular complexity index is 1240. The van der Waals surface area contributed by atoms with Crippen LogP contribution >= 0.6 is 11.6 Å². The zero-order valence-corrected chi connectivity index (χ0v) is 17.1. The lowest BCUT2D eigenvalue weighted by molar-refractivity contribution is -0.384. The monoisotopic (exact) mass is 433 g/mol. The Hall–Kier alpha value is -4.04. The lowest BCUT2D eigenvalue weighted by atomic mass is 10.2. The minimum absolute atomic E-state index is 0.0806. The van der Waals surface area contributed by atoms with Gasteiger partial charge in [-0.25, -0.2) is 9.67 Å². The fourth-order valence-electron chi connectivity index (χ4n) is 3.05. The third-order valence-corrected chi connectivity index (χ3v) is 4.69. The number of nitro benzene ring substituents is 1. The van der Waals surface area contributed by atoms with E-state index < -0.39 is 10.8 Å². The zero-order chi connectivity index (χ0) is 22.0. The quantitative estimate of drug-likeness (QED) is 0.350. The minimum Gasteiger partial charge on any atom is -0.319 e. The summed E-state index contributed by atoms with van der Waals surface area (Å²) in [7, 11) is 0.